The third kappa shape index (κ3) is 29.8. The number of hydrogen-bond acceptors (Lipinski definition) is 6. The van der Waals surface area contributed by atoms with E-state index in [1.807, 2.05) is 0 Å². The second-order valence-corrected chi connectivity index (χ2v) is 8.38. The highest BCUT2D eigenvalue weighted by atomic mass is 16.6. The van der Waals surface area contributed by atoms with Crippen LogP contribution in [0.1, 0.15) is 96.8 Å². The predicted octanol–water partition coefficient (Wildman–Crippen LogP) is 5.54. The molecule has 0 aliphatic rings. The van der Waals surface area contributed by atoms with E-state index < -0.39 is 0 Å². The van der Waals surface area contributed by atoms with Crippen LogP contribution in [-0.2, 0) is 23.7 Å². The van der Waals surface area contributed by atoms with Crippen LogP contribution >= 0.6 is 0 Å². The molecule has 0 amide bonds. The van der Waals surface area contributed by atoms with Crippen LogP contribution < -0.4 is 0 Å². The van der Waals surface area contributed by atoms with Crippen molar-refractivity contribution in [2.45, 2.75) is 96.8 Å². The quantitative estimate of drug-likeness (QED) is 0.147. The lowest BCUT2D eigenvalue weighted by molar-refractivity contribution is -0.0134. The van der Waals surface area contributed by atoms with E-state index in [-0.39, 0.29) is 6.61 Å². The topological polar surface area (TPSA) is 66.4 Å². The molecule has 0 heterocycles. The zero-order valence-electron chi connectivity index (χ0n) is 21.2. The van der Waals surface area contributed by atoms with Crippen molar-refractivity contribution in [2.75, 3.05) is 72.7 Å². The van der Waals surface area contributed by atoms with Crippen LogP contribution in [0.2, 0.25) is 0 Å². The molecular weight excluding hydrogens is 408 g/mol. The van der Waals surface area contributed by atoms with Crippen LogP contribution in [0, 0.1) is 0 Å². The summed E-state index contributed by atoms with van der Waals surface area (Å²) in [6.07, 6.45) is 19.4. The van der Waals surface area contributed by atoms with Crippen molar-refractivity contribution >= 4 is 0 Å². The number of rotatable bonds is 29. The molecule has 6 nitrogen and oxygen atoms in total. The summed E-state index contributed by atoms with van der Waals surface area (Å²) >= 11 is 0. The molecule has 0 radical (unpaired) electrons. The van der Waals surface area contributed by atoms with Crippen LogP contribution in [0.3, 0.4) is 0 Å². The van der Waals surface area contributed by atoms with Gasteiger partial charge in [-0.3, -0.25) is 0 Å². The molecule has 194 valence electrons. The highest BCUT2D eigenvalue weighted by Gasteiger charge is 1.96. The molecule has 0 bridgehead atoms. The molecule has 0 rings (SSSR count). The summed E-state index contributed by atoms with van der Waals surface area (Å²) in [7, 11) is 0. The van der Waals surface area contributed by atoms with Crippen molar-refractivity contribution in [3.05, 3.63) is 0 Å². The Morgan fingerprint density at radius 2 is 0.625 bits per heavy atom. The van der Waals surface area contributed by atoms with Crippen LogP contribution in [0.25, 0.3) is 0 Å². The summed E-state index contributed by atoms with van der Waals surface area (Å²) in [5.74, 6) is 0. The lowest BCUT2D eigenvalue weighted by Gasteiger charge is -2.08. The first-order chi connectivity index (χ1) is 15.9. The lowest BCUT2D eigenvalue weighted by atomic mass is 10.0. The predicted molar refractivity (Wildman–Crippen MR) is 131 cm³/mol. The number of aliphatic hydroxyl groups is 1. The van der Waals surface area contributed by atoms with Gasteiger partial charge in [-0.25, -0.2) is 0 Å². The highest BCUT2D eigenvalue weighted by molar-refractivity contribution is 4.49. The Morgan fingerprint density at radius 1 is 0.344 bits per heavy atom. The number of hydrogen-bond donors (Lipinski definition) is 1. The second-order valence-electron chi connectivity index (χ2n) is 8.38. The van der Waals surface area contributed by atoms with E-state index in [0.717, 1.165) is 13.0 Å². The Hall–Kier alpha value is -0.240. The molecule has 0 spiro atoms. The van der Waals surface area contributed by atoms with Crippen LogP contribution in [0.15, 0.2) is 0 Å². The Kier molecular flexibility index (Phi) is 30.5. The molecule has 32 heavy (non-hydrogen) atoms. The van der Waals surface area contributed by atoms with Gasteiger partial charge in [-0.05, 0) is 6.42 Å². The van der Waals surface area contributed by atoms with Gasteiger partial charge in [0, 0.05) is 6.61 Å². The van der Waals surface area contributed by atoms with Gasteiger partial charge in [0.05, 0.1) is 66.1 Å². The van der Waals surface area contributed by atoms with Gasteiger partial charge in [0.15, 0.2) is 0 Å². The molecule has 0 aromatic heterocycles. The summed E-state index contributed by atoms with van der Waals surface area (Å²) < 4.78 is 27.0. The molecule has 6 heteroatoms. The molecule has 0 aliphatic heterocycles. The molecule has 0 fully saturated rings. The van der Waals surface area contributed by atoms with Gasteiger partial charge in [-0.15, -0.1) is 0 Å². The van der Waals surface area contributed by atoms with Gasteiger partial charge >= 0.3 is 0 Å². The minimum Gasteiger partial charge on any atom is -0.394 e. The Morgan fingerprint density at radius 3 is 0.969 bits per heavy atom. The summed E-state index contributed by atoms with van der Waals surface area (Å²) in [6, 6.07) is 0. The Balaban J connectivity index is 2.98. The largest absolute Gasteiger partial charge is 0.394 e. The monoisotopic (exact) mass is 462 g/mol. The van der Waals surface area contributed by atoms with E-state index in [1.54, 1.807) is 0 Å². The summed E-state index contributed by atoms with van der Waals surface area (Å²) in [5, 5.41) is 8.56. The average molecular weight is 463 g/mol. The summed E-state index contributed by atoms with van der Waals surface area (Å²) in [6.45, 7) is 8.11. The molecule has 0 aromatic carbocycles. The normalized spacial score (nSPS) is 11.4. The van der Waals surface area contributed by atoms with Crippen LogP contribution in [-0.4, -0.2) is 77.8 Å². The third-order valence-electron chi connectivity index (χ3n) is 5.37. The number of aliphatic hydroxyl groups excluding tert-OH is 1. The zero-order valence-corrected chi connectivity index (χ0v) is 21.2. The maximum atomic E-state index is 8.56. The van der Waals surface area contributed by atoms with E-state index in [2.05, 4.69) is 6.92 Å². The second kappa shape index (κ2) is 30.8. The van der Waals surface area contributed by atoms with Crippen LogP contribution in [0.4, 0.5) is 0 Å². The van der Waals surface area contributed by atoms with Crippen molar-refractivity contribution in [3.63, 3.8) is 0 Å². The van der Waals surface area contributed by atoms with Crippen molar-refractivity contribution in [2.24, 2.45) is 0 Å². The first kappa shape index (κ1) is 31.8. The molecule has 0 aromatic rings. The first-order valence-electron chi connectivity index (χ1n) is 13.4. The number of ether oxygens (including phenoxy) is 5. The Bertz CT molecular complexity index is 287. The molecule has 0 unspecified atom stereocenters. The van der Waals surface area contributed by atoms with E-state index >= 15 is 0 Å². The minimum atomic E-state index is 0.0492. The van der Waals surface area contributed by atoms with E-state index in [0.29, 0.717) is 59.5 Å². The summed E-state index contributed by atoms with van der Waals surface area (Å²) in [5.41, 5.74) is 0. The van der Waals surface area contributed by atoms with E-state index in [9.17, 15) is 0 Å². The van der Waals surface area contributed by atoms with Gasteiger partial charge in [-0.1, -0.05) is 90.4 Å². The van der Waals surface area contributed by atoms with Gasteiger partial charge in [0.2, 0.25) is 0 Å². The summed E-state index contributed by atoms with van der Waals surface area (Å²) in [4.78, 5) is 0. The molecule has 0 aliphatic carbocycles. The molecule has 1 N–H and O–H groups in total. The van der Waals surface area contributed by atoms with E-state index in [4.69, 9.17) is 28.8 Å². The lowest BCUT2D eigenvalue weighted by Crippen LogP contribution is -2.13. The SMILES string of the molecule is CCCCCCCCCCCCCCCCOCCOCCOCCOCCOCCO. The van der Waals surface area contributed by atoms with Gasteiger partial charge < -0.3 is 28.8 Å². The van der Waals surface area contributed by atoms with Gasteiger partial charge in [0.25, 0.3) is 0 Å². The molecular formula is C26H54O6. The van der Waals surface area contributed by atoms with Crippen molar-refractivity contribution in [1.29, 1.82) is 0 Å². The van der Waals surface area contributed by atoms with Crippen LogP contribution in [0.5, 0.6) is 0 Å². The fourth-order valence-corrected chi connectivity index (χ4v) is 3.44. The molecule has 0 saturated carbocycles. The molecule has 0 saturated heterocycles. The first-order valence-corrected chi connectivity index (χ1v) is 13.4. The maximum absolute atomic E-state index is 8.56. The standard InChI is InChI=1S/C26H54O6/c1-2-3-4-5-6-7-8-9-10-11-12-13-14-15-17-28-19-21-30-23-25-32-26-24-31-22-20-29-18-16-27/h27H,2-26H2,1H3. The number of unbranched alkanes of at least 4 members (excludes halogenated alkanes) is 13. The third-order valence-corrected chi connectivity index (χ3v) is 5.37. The zero-order chi connectivity index (χ0) is 23.2. The van der Waals surface area contributed by atoms with E-state index in [1.165, 1.54) is 83.5 Å². The minimum absolute atomic E-state index is 0.0492. The van der Waals surface area contributed by atoms with Crippen molar-refractivity contribution in [3.8, 4) is 0 Å². The van der Waals surface area contributed by atoms with Crippen molar-refractivity contribution < 1.29 is 28.8 Å². The van der Waals surface area contributed by atoms with Gasteiger partial charge in [-0.2, -0.15) is 0 Å². The Labute approximate surface area is 198 Å². The maximum Gasteiger partial charge on any atom is 0.0701 e. The smallest absolute Gasteiger partial charge is 0.0701 e. The molecule has 0 atom stereocenters. The van der Waals surface area contributed by atoms with Gasteiger partial charge in [0.1, 0.15) is 0 Å². The fourth-order valence-electron chi connectivity index (χ4n) is 3.44. The average Bonchev–Trinajstić information content (AvgIpc) is 2.81. The fraction of sp³-hybridized carbons (Fsp3) is 1.00. The van der Waals surface area contributed by atoms with Crippen molar-refractivity contribution in [1.82, 2.24) is 0 Å². The highest BCUT2D eigenvalue weighted by Crippen LogP contribution is 2.12.